The third kappa shape index (κ3) is 3.73. The number of nitrogens with one attached hydrogen (secondary N) is 3. The third-order valence-corrected chi connectivity index (χ3v) is 3.86. The Kier molecular flexibility index (Phi) is 4.60. The van der Waals surface area contributed by atoms with Crippen molar-refractivity contribution in [3.05, 3.63) is 30.0 Å². The lowest BCUT2D eigenvalue weighted by molar-refractivity contribution is -0.122. The van der Waals surface area contributed by atoms with Crippen molar-refractivity contribution in [2.75, 3.05) is 16.0 Å². The number of carbonyl (C=O) groups is 2. The molecule has 3 N–H and O–H groups in total. The van der Waals surface area contributed by atoms with E-state index < -0.39 is 12.1 Å². The molecule has 0 saturated carbocycles. The second-order valence-corrected chi connectivity index (χ2v) is 5.88. The van der Waals surface area contributed by atoms with Crippen LogP contribution < -0.4 is 20.7 Å². The number of ether oxygens (including phenoxy) is 1. The number of nitrogens with zero attached hydrogens (tertiary/aromatic N) is 1. The van der Waals surface area contributed by atoms with Crippen molar-refractivity contribution in [2.24, 2.45) is 0 Å². The predicted molar refractivity (Wildman–Crippen MR) is 92.7 cm³/mol. The van der Waals surface area contributed by atoms with Gasteiger partial charge in [-0.15, -0.1) is 0 Å². The summed E-state index contributed by atoms with van der Waals surface area (Å²) in [5, 5.41) is 12.4. The minimum Gasteiger partial charge on any atom is -0.479 e. The molecule has 0 spiro atoms. The molecule has 0 radical (unpaired) electrons. The number of hydrogen-bond donors (Lipinski definition) is 3. The third-order valence-electron chi connectivity index (χ3n) is 3.86. The number of aromatic nitrogens is 1. The number of hydrogen-bond acceptors (Lipinski definition) is 6. The quantitative estimate of drug-likeness (QED) is 0.770. The first kappa shape index (κ1) is 16.8. The van der Waals surface area contributed by atoms with Crippen molar-refractivity contribution in [3.8, 4) is 5.75 Å². The van der Waals surface area contributed by atoms with E-state index in [2.05, 4.69) is 21.1 Å². The van der Waals surface area contributed by atoms with E-state index in [9.17, 15) is 9.59 Å². The van der Waals surface area contributed by atoms with Gasteiger partial charge in [-0.1, -0.05) is 12.1 Å². The minimum absolute atomic E-state index is 0.198. The number of rotatable bonds is 5. The number of fused-ring (bicyclic) bond motifs is 1. The molecular formula is C17H20N4O4. The SMILES string of the molecule is CC[C@H](Nc1ccc2c(c1)NC(=O)[C@H](C)O2)C(=O)Nc1cc(C)on1. The van der Waals surface area contributed by atoms with Gasteiger partial charge in [0, 0.05) is 11.8 Å². The molecule has 1 aliphatic rings. The van der Waals surface area contributed by atoms with Gasteiger partial charge in [-0.3, -0.25) is 9.59 Å². The molecule has 0 saturated heterocycles. The second-order valence-electron chi connectivity index (χ2n) is 5.88. The van der Waals surface area contributed by atoms with Crippen LogP contribution in [0.3, 0.4) is 0 Å². The first-order valence-corrected chi connectivity index (χ1v) is 8.08. The maximum Gasteiger partial charge on any atom is 0.265 e. The van der Waals surface area contributed by atoms with E-state index in [1.54, 1.807) is 38.1 Å². The highest BCUT2D eigenvalue weighted by Gasteiger charge is 2.24. The van der Waals surface area contributed by atoms with Crippen molar-refractivity contribution in [1.29, 1.82) is 0 Å². The Morgan fingerprint density at radius 3 is 2.88 bits per heavy atom. The van der Waals surface area contributed by atoms with Crippen LogP contribution in [0, 0.1) is 6.92 Å². The summed E-state index contributed by atoms with van der Waals surface area (Å²) in [6.45, 7) is 5.34. The van der Waals surface area contributed by atoms with E-state index in [0.717, 1.165) is 0 Å². The van der Waals surface area contributed by atoms with Crippen molar-refractivity contribution in [1.82, 2.24) is 5.16 Å². The Balaban J connectivity index is 1.70. The van der Waals surface area contributed by atoms with Crippen LogP contribution in [0.4, 0.5) is 17.2 Å². The Morgan fingerprint density at radius 2 is 2.20 bits per heavy atom. The molecule has 3 rings (SSSR count). The van der Waals surface area contributed by atoms with Crippen LogP contribution in [-0.4, -0.2) is 29.1 Å². The molecule has 2 heterocycles. The van der Waals surface area contributed by atoms with Crippen LogP contribution >= 0.6 is 0 Å². The van der Waals surface area contributed by atoms with Crippen LogP contribution in [-0.2, 0) is 9.59 Å². The van der Waals surface area contributed by atoms with E-state index in [1.807, 2.05) is 6.92 Å². The maximum absolute atomic E-state index is 12.4. The highest BCUT2D eigenvalue weighted by Crippen LogP contribution is 2.32. The van der Waals surface area contributed by atoms with Crippen LogP contribution in [0.2, 0.25) is 0 Å². The second kappa shape index (κ2) is 6.84. The van der Waals surface area contributed by atoms with Gasteiger partial charge in [0.2, 0.25) is 5.91 Å². The molecule has 1 aliphatic heterocycles. The summed E-state index contributed by atoms with van der Waals surface area (Å²) >= 11 is 0. The molecule has 8 nitrogen and oxygen atoms in total. The van der Waals surface area contributed by atoms with Crippen molar-refractivity contribution >= 4 is 29.0 Å². The minimum atomic E-state index is -0.522. The summed E-state index contributed by atoms with van der Waals surface area (Å²) in [6, 6.07) is 6.50. The van der Waals surface area contributed by atoms with Crippen molar-refractivity contribution in [3.63, 3.8) is 0 Å². The lowest BCUT2D eigenvalue weighted by atomic mass is 10.1. The number of anilines is 3. The molecule has 0 bridgehead atoms. The number of carbonyl (C=O) groups excluding carboxylic acids is 2. The zero-order valence-corrected chi connectivity index (χ0v) is 14.3. The number of amides is 2. The van der Waals surface area contributed by atoms with Gasteiger partial charge in [0.25, 0.3) is 5.91 Å². The van der Waals surface area contributed by atoms with Gasteiger partial charge in [-0.2, -0.15) is 0 Å². The van der Waals surface area contributed by atoms with Crippen LogP contribution in [0.15, 0.2) is 28.8 Å². The average molecular weight is 344 g/mol. The zero-order chi connectivity index (χ0) is 18.0. The first-order chi connectivity index (χ1) is 12.0. The lowest BCUT2D eigenvalue weighted by Gasteiger charge is -2.24. The Bertz CT molecular complexity index is 802. The highest BCUT2D eigenvalue weighted by atomic mass is 16.5. The van der Waals surface area contributed by atoms with Crippen LogP contribution in [0.25, 0.3) is 0 Å². The molecule has 0 unspecified atom stereocenters. The lowest BCUT2D eigenvalue weighted by Crippen LogP contribution is -2.35. The van der Waals surface area contributed by atoms with E-state index in [4.69, 9.17) is 9.26 Å². The molecule has 1 aromatic heterocycles. The van der Waals surface area contributed by atoms with Gasteiger partial charge in [-0.05, 0) is 38.5 Å². The molecule has 25 heavy (non-hydrogen) atoms. The Labute approximate surface area is 144 Å². The van der Waals surface area contributed by atoms with Gasteiger partial charge in [-0.25, -0.2) is 0 Å². The molecule has 2 aromatic rings. The molecular weight excluding hydrogens is 324 g/mol. The summed E-state index contributed by atoms with van der Waals surface area (Å²) < 4.78 is 10.5. The van der Waals surface area contributed by atoms with Crippen molar-refractivity contribution in [2.45, 2.75) is 39.3 Å². The van der Waals surface area contributed by atoms with E-state index in [0.29, 0.717) is 35.1 Å². The fourth-order valence-corrected chi connectivity index (χ4v) is 2.49. The molecule has 2 amide bonds. The molecule has 132 valence electrons. The Hall–Kier alpha value is -3.03. The fourth-order valence-electron chi connectivity index (χ4n) is 2.49. The van der Waals surface area contributed by atoms with Gasteiger partial charge in [0.15, 0.2) is 11.9 Å². The average Bonchev–Trinajstić information content (AvgIpc) is 2.98. The van der Waals surface area contributed by atoms with E-state index in [1.165, 1.54) is 0 Å². The number of aryl methyl sites for hydroxylation is 1. The largest absolute Gasteiger partial charge is 0.479 e. The first-order valence-electron chi connectivity index (χ1n) is 8.08. The molecule has 0 fully saturated rings. The molecule has 2 atom stereocenters. The smallest absolute Gasteiger partial charge is 0.265 e. The molecule has 1 aromatic carbocycles. The normalized spacial score (nSPS) is 17.1. The standard InChI is InChI=1S/C17H20N4O4/c1-4-12(17(23)20-15-7-9(2)25-21-15)18-11-5-6-14-13(8-11)19-16(22)10(3)24-14/h5-8,10,12,18H,4H2,1-3H3,(H,19,22)(H,20,21,23)/t10-,12-/m0/s1. The van der Waals surface area contributed by atoms with Crippen LogP contribution in [0.1, 0.15) is 26.0 Å². The molecule has 8 heteroatoms. The van der Waals surface area contributed by atoms with Gasteiger partial charge in [0.05, 0.1) is 5.69 Å². The van der Waals surface area contributed by atoms with Crippen LogP contribution in [0.5, 0.6) is 5.75 Å². The van der Waals surface area contributed by atoms with Gasteiger partial charge < -0.3 is 25.2 Å². The van der Waals surface area contributed by atoms with Gasteiger partial charge in [0.1, 0.15) is 17.6 Å². The zero-order valence-electron chi connectivity index (χ0n) is 14.3. The van der Waals surface area contributed by atoms with E-state index in [-0.39, 0.29) is 11.8 Å². The van der Waals surface area contributed by atoms with Crippen molar-refractivity contribution < 1.29 is 18.8 Å². The summed E-state index contributed by atoms with van der Waals surface area (Å²) in [5.74, 6) is 1.19. The summed E-state index contributed by atoms with van der Waals surface area (Å²) in [5.41, 5.74) is 1.28. The number of benzene rings is 1. The summed E-state index contributed by atoms with van der Waals surface area (Å²) in [4.78, 5) is 24.1. The molecule has 0 aliphatic carbocycles. The summed E-state index contributed by atoms with van der Waals surface area (Å²) in [6.07, 6.45) is 0.0472. The fraction of sp³-hybridized carbons (Fsp3) is 0.353. The maximum atomic E-state index is 12.4. The summed E-state index contributed by atoms with van der Waals surface area (Å²) in [7, 11) is 0. The topological polar surface area (TPSA) is 105 Å². The van der Waals surface area contributed by atoms with Gasteiger partial charge >= 0.3 is 0 Å². The highest BCUT2D eigenvalue weighted by molar-refractivity contribution is 5.98. The predicted octanol–water partition coefficient (Wildman–Crippen LogP) is 2.53. The monoisotopic (exact) mass is 344 g/mol. The van der Waals surface area contributed by atoms with E-state index >= 15 is 0 Å². The Morgan fingerprint density at radius 1 is 1.40 bits per heavy atom.